The van der Waals surface area contributed by atoms with E-state index in [2.05, 4.69) is 25.3 Å². The van der Waals surface area contributed by atoms with Gasteiger partial charge in [-0.1, -0.05) is 5.21 Å². The van der Waals surface area contributed by atoms with Crippen molar-refractivity contribution in [2.75, 3.05) is 18.8 Å². The topological polar surface area (TPSA) is 140 Å². The van der Waals surface area contributed by atoms with Gasteiger partial charge in [0.15, 0.2) is 0 Å². The van der Waals surface area contributed by atoms with Crippen LogP contribution in [0.2, 0.25) is 0 Å². The molecule has 10 heteroatoms. The Hall–Kier alpha value is -2.49. The summed E-state index contributed by atoms with van der Waals surface area (Å²) in [7, 11) is 0. The largest absolute Gasteiger partial charge is 0.543 e. The van der Waals surface area contributed by atoms with E-state index in [4.69, 9.17) is 5.73 Å². The number of hydrogen-bond acceptors (Lipinski definition) is 8. The average Bonchev–Trinajstić information content (AvgIpc) is 3.01. The minimum absolute atomic E-state index is 0.00981. The molecule has 2 rings (SSSR count). The van der Waals surface area contributed by atoms with Gasteiger partial charge in [-0.3, -0.25) is 0 Å². The number of carbonyl (C=O) groups is 1. The number of nitrogen functional groups attached to an aromatic ring is 1. The first-order chi connectivity index (χ1) is 9.58. The molecule has 3 N–H and O–H groups in total. The van der Waals surface area contributed by atoms with Gasteiger partial charge in [-0.05, 0) is 24.2 Å². The number of anilines is 1. The molecule has 0 atom stereocenters. The molecule has 0 amide bonds. The zero-order valence-electron chi connectivity index (χ0n) is 11.2. The quantitative estimate of drug-likeness (QED) is 0.571. The van der Waals surface area contributed by atoms with E-state index in [1.54, 1.807) is 0 Å². The van der Waals surface area contributed by atoms with Gasteiger partial charge in [-0.15, -0.1) is 5.10 Å². The van der Waals surface area contributed by atoms with Crippen LogP contribution in [0.4, 0.5) is 5.82 Å². The number of carbonyl (C=O) groups excluding carboxylic acids is 1. The maximum Gasteiger partial charge on any atom is 0.243 e. The first-order valence-corrected chi connectivity index (χ1v) is 6.16. The van der Waals surface area contributed by atoms with Crippen molar-refractivity contribution in [2.24, 2.45) is 0 Å². The van der Waals surface area contributed by atoms with Gasteiger partial charge < -0.3 is 20.5 Å². The van der Waals surface area contributed by atoms with E-state index in [9.17, 15) is 9.90 Å². The fourth-order valence-electron chi connectivity index (χ4n) is 1.86. The Bertz CT molecular complexity index is 602. The maximum atomic E-state index is 11.1. The van der Waals surface area contributed by atoms with Crippen LogP contribution in [0.15, 0.2) is 4.63 Å². The number of carboxylic acid groups (broad SMARTS) is 1. The highest BCUT2D eigenvalue weighted by Gasteiger charge is 2.23. The standard InChI is InChI=1S/C10H15N7O3/c1-3-16(4-2)5-6-7(10(18)19)12-15-17(6)9-8(11)13-20-14-9/h3-5H2,1-2H3,(H2,11,13)(H,18,19). The lowest BCUT2D eigenvalue weighted by atomic mass is 10.3. The van der Waals surface area contributed by atoms with Crippen LogP contribution in [0.1, 0.15) is 30.0 Å². The van der Waals surface area contributed by atoms with Crippen LogP contribution in [0.25, 0.3) is 5.82 Å². The Morgan fingerprint density at radius 1 is 1.40 bits per heavy atom. The predicted octanol–water partition coefficient (Wildman–Crippen LogP) is -2.98. The zero-order valence-corrected chi connectivity index (χ0v) is 11.2. The van der Waals surface area contributed by atoms with Crippen LogP contribution < -0.4 is 15.7 Å². The second-order valence-electron chi connectivity index (χ2n) is 4.19. The maximum absolute atomic E-state index is 11.1. The molecule has 2 heterocycles. The summed E-state index contributed by atoms with van der Waals surface area (Å²) in [4.78, 5) is 12.3. The predicted molar refractivity (Wildman–Crippen MR) is 63.7 cm³/mol. The molecule has 10 nitrogen and oxygen atoms in total. The van der Waals surface area contributed by atoms with E-state index < -0.39 is 5.97 Å². The summed E-state index contributed by atoms with van der Waals surface area (Å²) in [6.45, 7) is 6.03. The monoisotopic (exact) mass is 281 g/mol. The lowest BCUT2D eigenvalue weighted by Gasteiger charge is -2.16. The minimum atomic E-state index is -1.40. The third kappa shape index (κ3) is 2.45. The van der Waals surface area contributed by atoms with Crippen molar-refractivity contribution in [2.45, 2.75) is 20.4 Å². The fraction of sp³-hybridized carbons (Fsp3) is 0.500. The molecule has 0 saturated carbocycles. The number of quaternary nitrogens is 1. The van der Waals surface area contributed by atoms with E-state index in [0.717, 1.165) is 18.0 Å². The van der Waals surface area contributed by atoms with Crippen LogP contribution in [0, 0.1) is 0 Å². The number of aromatic carboxylic acids is 1. The molecule has 0 radical (unpaired) electrons. The Balaban J connectivity index is 2.48. The van der Waals surface area contributed by atoms with E-state index in [-0.39, 0.29) is 17.3 Å². The van der Waals surface area contributed by atoms with Crippen molar-refractivity contribution in [1.82, 2.24) is 25.3 Å². The third-order valence-corrected chi connectivity index (χ3v) is 3.07. The Morgan fingerprint density at radius 3 is 2.60 bits per heavy atom. The van der Waals surface area contributed by atoms with Crippen molar-refractivity contribution >= 4 is 11.8 Å². The van der Waals surface area contributed by atoms with Crippen LogP contribution in [0.5, 0.6) is 0 Å². The molecule has 2 aromatic rings. The number of hydrogen-bond donors (Lipinski definition) is 2. The van der Waals surface area contributed by atoms with Gasteiger partial charge in [0.05, 0.1) is 19.1 Å². The molecule has 0 aliphatic rings. The van der Waals surface area contributed by atoms with Gasteiger partial charge in [0, 0.05) is 0 Å². The van der Waals surface area contributed by atoms with Crippen LogP contribution in [0.3, 0.4) is 0 Å². The molecular formula is C10H15N7O3. The highest BCUT2D eigenvalue weighted by atomic mass is 16.6. The molecule has 0 bridgehead atoms. The van der Waals surface area contributed by atoms with E-state index in [0.29, 0.717) is 12.2 Å². The van der Waals surface area contributed by atoms with Gasteiger partial charge in [0.1, 0.15) is 17.9 Å². The lowest BCUT2D eigenvalue weighted by Crippen LogP contribution is -3.10. The first kappa shape index (κ1) is 13.9. The van der Waals surface area contributed by atoms with E-state index >= 15 is 0 Å². The van der Waals surface area contributed by atoms with Gasteiger partial charge in [0.25, 0.3) is 0 Å². The molecule has 0 unspecified atom stereocenters. The fourth-order valence-corrected chi connectivity index (χ4v) is 1.86. The molecule has 20 heavy (non-hydrogen) atoms. The summed E-state index contributed by atoms with van der Waals surface area (Å²) >= 11 is 0. The molecule has 2 aromatic heterocycles. The van der Waals surface area contributed by atoms with Crippen molar-refractivity contribution in [3.63, 3.8) is 0 Å². The zero-order chi connectivity index (χ0) is 14.7. The number of nitrogens with two attached hydrogens (primary N) is 1. The summed E-state index contributed by atoms with van der Waals surface area (Å²) in [5, 5.41) is 25.5. The van der Waals surface area contributed by atoms with Crippen molar-refractivity contribution < 1.29 is 19.4 Å². The van der Waals surface area contributed by atoms with Crippen molar-refractivity contribution in [3.05, 3.63) is 11.4 Å². The van der Waals surface area contributed by atoms with Crippen LogP contribution in [-0.2, 0) is 6.54 Å². The normalized spacial score (nSPS) is 11.2. The summed E-state index contributed by atoms with van der Waals surface area (Å²) < 4.78 is 5.72. The average molecular weight is 281 g/mol. The Labute approximate surface area is 114 Å². The number of nitrogens with one attached hydrogen (secondary N) is 1. The highest BCUT2D eigenvalue weighted by molar-refractivity contribution is 5.84. The third-order valence-electron chi connectivity index (χ3n) is 3.07. The molecule has 0 saturated heterocycles. The van der Waals surface area contributed by atoms with Crippen molar-refractivity contribution in [3.8, 4) is 5.82 Å². The van der Waals surface area contributed by atoms with Gasteiger partial charge in [-0.25, -0.2) is 4.63 Å². The molecule has 0 spiro atoms. The van der Waals surface area contributed by atoms with E-state index in [1.807, 2.05) is 13.8 Å². The van der Waals surface area contributed by atoms with Gasteiger partial charge in [-0.2, -0.15) is 4.68 Å². The summed E-state index contributed by atoms with van der Waals surface area (Å²) in [5.41, 5.74) is 5.72. The minimum Gasteiger partial charge on any atom is -0.543 e. The molecule has 108 valence electrons. The van der Waals surface area contributed by atoms with Crippen LogP contribution in [-0.4, -0.2) is 44.4 Å². The molecule has 0 aliphatic heterocycles. The van der Waals surface area contributed by atoms with Gasteiger partial charge >= 0.3 is 0 Å². The smallest absolute Gasteiger partial charge is 0.243 e. The van der Waals surface area contributed by atoms with Crippen LogP contribution >= 0.6 is 0 Å². The molecule has 0 aliphatic carbocycles. The molecular weight excluding hydrogens is 266 g/mol. The second-order valence-corrected chi connectivity index (χ2v) is 4.19. The molecule has 0 fully saturated rings. The number of carboxylic acids is 1. The SMILES string of the molecule is CC[NH+](CC)Cc1c(C(=O)[O-])nnn1-c1nonc1N. The Morgan fingerprint density at radius 2 is 2.10 bits per heavy atom. The van der Waals surface area contributed by atoms with Gasteiger partial charge in [0.2, 0.25) is 11.6 Å². The molecule has 0 aromatic carbocycles. The van der Waals surface area contributed by atoms with Crippen molar-refractivity contribution in [1.29, 1.82) is 0 Å². The second kappa shape index (κ2) is 5.65. The highest BCUT2D eigenvalue weighted by Crippen LogP contribution is 2.14. The number of rotatable bonds is 6. The first-order valence-electron chi connectivity index (χ1n) is 6.16. The van der Waals surface area contributed by atoms with E-state index in [1.165, 1.54) is 4.68 Å². The summed E-state index contributed by atoms with van der Waals surface area (Å²) in [6, 6.07) is 0. The number of aromatic nitrogens is 5. The number of nitrogens with zero attached hydrogens (tertiary/aromatic N) is 5. The summed E-state index contributed by atoms with van der Waals surface area (Å²) in [6.07, 6.45) is 0. The summed E-state index contributed by atoms with van der Waals surface area (Å²) in [5.74, 6) is -1.27. The Kier molecular flexibility index (Phi) is 3.94. The lowest BCUT2D eigenvalue weighted by molar-refractivity contribution is -0.910.